The summed E-state index contributed by atoms with van der Waals surface area (Å²) in [6.07, 6.45) is 0.754. The number of amides is 1. The van der Waals surface area contributed by atoms with E-state index in [1.54, 1.807) is 54.6 Å². The Morgan fingerprint density at radius 1 is 0.943 bits per heavy atom. The number of ether oxygens (including phenoxy) is 3. The zero-order valence-electron chi connectivity index (χ0n) is 19.3. The molecular weight excluding hydrogens is 488 g/mol. The normalized spacial score (nSPS) is 10.3. The topological polar surface area (TPSA) is 85.9 Å². The van der Waals surface area contributed by atoms with Crippen molar-refractivity contribution < 1.29 is 23.8 Å². The Hall–Kier alpha value is -3.62. The van der Waals surface area contributed by atoms with Gasteiger partial charge >= 0.3 is 5.97 Å². The Kier molecular flexibility index (Phi) is 9.46. The van der Waals surface area contributed by atoms with E-state index in [-0.39, 0.29) is 11.1 Å². The Bertz CT molecular complexity index is 1180. The zero-order chi connectivity index (χ0) is 25.2. The van der Waals surface area contributed by atoms with Crippen LogP contribution in [0.2, 0.25) is 5.02 Å². The molecule has 3 aromatic carbocycles. The van der Waals surface area contributed by atoms with Crippen LogP contribution in [0.3, 0.4) is 0 Å². The van der Waals surface area contributed by atoms with Crippen LogP contribution in [0.5, 0.6) is 11.5 Å². The predicted molar refractivity (Wildman–Crippen MR) is 139 cm³/mol. The number of thiocarbonyl (C=S) groups is 1. The summed E-state index contributed by atoms with van der Waals surface area (Å²) in [4.78, 5) is 24.6. The van der Waals surface area contributed by atoms with E-state index in [0.29, 0.717) is 46.5 Å². The van der Waals surface area contributed by atoms with Crippen molar-refractivity contribution in [3.05, 3.63) is 88.4 Å². The number of rotatable bonds is 9. The summed E-state index contributed by atoms with van der Waals surface area (Å²) in [7, 11) is 1.50. The first-order valence-electron chi connectivity index (χ1n) is 10.8. The number of hydrogen-bond donors (Lipinski definition) is 2. The van der Waals surface area contributed by atoms with Gasteiger partial charge in [0, 0.05) is 16.3 Å². The van der Waals surface area contributed by atoms with E-state index in [1.165, 1.54) is 7.11 Å². The lowest BCUT2D eigenvalue weighted by Gasteiger charge is -2.13. The number of methoxy groups -OCH3 is 1. The van der Waals surface area contributed by atoms with Crippen LogP contribution in [-0.4, -0.2) is 30.7 Å². The molecule has 0 fully saturated rings. The fraction of sp³-hybridized carbons (Fsp3) is 0.192. The number of benzene rings is 3. The van der Waals surface area contributed by atoms with E-state index >= 15 is 0 Å². The van der Waals surface area contributed by atoms with Gasteiger partial charge in [0.2, 0.25) is 0 Å². The van der Waals surface area contributed by atoms with Crippen molar-refractivity contribution in [2.24, 2.45) is 0 Å². The molecule has 0 aliphatic carbocycles. The minimum Gasteiger partial charge on any atom is -0.493 e. The van der Waals surface area contributed by atoms with Gasteiger partial charge in [-0.2, -0.15) is 0 Å². The third-order valence-corrected chi connectivity index (χ3v) is 5.23. The standard InChI is InChI=1S/C26H25ClN2O5S/c1-3-14-33-25(31)18-6-11-21(12-7-18)28-26(35)29-24(30)19-8-13-22(23(15-19)32-2)34-16-17-4-9-20(27)10-5-17/h4-13,15H,3,14,16H2,1-2H3,(H2,28,29,30,35). The number of carbonyl (C=O) groups excluding carboxylic acids is 2. The lowest BCUT2D eigenvalue weighted by Crippen LogP contribution is -2.34. The van der Waals surface area contributed by atoms with Gasteiger partial charge in [-0.25, -0.2) is 4.79 Å². The highest BCUT2D eigenvalue weighted by atomic mass is 35.5. The van der Waals surface area contributed by atoms with Crippen molar-refractivity contribution in [3.8, 4) is 11.5 Å². The summed E-state index contributed by atoms with van der Waals surface area (Å²) < 4.78 is 16.3. The summed E-state index contributed by atoms with van der Waals surface area (Å²) in [5.41, 5.74) is 2.34. The average molecular weight is 513 g/mol. The Morgan fingerprint density at radius 2 is 1.63 bits per heavy atom. The summed E-state index contributed by atoms with van der Waals surface area (Å²) in [6.45, 7) is 2.62. The van der Waals surface area contributed by atoms with Crippen LogP contribution in [0.4, 0.5) is 5.69 Å². The van der Waals surface area contributed by atoms with Crippen LogP contribution >= 0.6 is 23.8 Å². The maximum absolute atomic E-state index is 12.7. The van der Waals surface area contributed by atoms with Crippen molar-refractivity contribution in [2.75, 3.05) is 19.0 Å². The summed E-state index contributed by atoms with van der Waals surface area (Å²) in [5.74, 6) is 0.113. The van der Waals surface area contributed by atoms with Gasteiger partial charge in [0.05, 0.1) is 19.3 Å². The van der Waals surface area contributed by atoms with E-state index in [4.69, 9.17) is 38.0 Å². The highest BCUT2D eigenvalue weighted by Crippen LogP contribution is 2.29. The Labute approximate surface area is 214 Å². The van der Waals surface area contributed by atoms with Gasteiger partial charge in [-0.05, 0) is 78.8 Å². The van der Waals surface area contributed by atoms with Gasteiger partial charge in [-0.3, -0.25) is 10.1 Å². The van der Waals surface area contributed by atoms with Gasteiger partial charge in [-0.1, -0.05) is 30.7 Å². The smallest absolute Gasteiger partial charge is 0.338 e. The second-order valence-corrected chi connectivity index (χ2v) is 8.25. The number of carbonyl (C=O) groups is 2. The molecule has 0 radical (unpaired) electrons. The molecular formula is C26H25ClN2O5S. The maximum Gasteiger partial charge on any atom is 0.338 e. The van der Waals surface area contributed by atoms with Crippen molar-refractivity contribution in [3.63, 3.8) is 0 Å². The molecule has 35 heavy (non-hydrogen) atoms. The van der Waals surface area contributed by atoms with Crippen LogP contribution in [0.15, 0.2) is 66.7 Å². The monoisotopic (exact) mass is 512 g/mol. The molecule has 0 bridgehead atoms. The first-order valence-corrected chi connectivity index (χ1v) is 11.6. The second kappa shape index (κ2) is 12.7. The number of nitrogens with one attached hydrogen (secondary N) is 2. The molecule has 0 atom stereocenters. The van der Waals surface area contributed by atoms with E-state index in [1.807, 2.05) is 19.1 Å². The minimum atomic E-state index is -0.412. The lowest BCUT2D eigenvalue weighted by molar-refractivity contribution is 0.0505. The Balaban J connectivity index is 1.57. The summed E-state index contributed by atoms with van der Waals surface area (Å²) in [6, 6.07) is 18.8. The van der Waals surface area contributed by atoms with Gasteiger partial charge in [0.15, 0.2) is 16.6 Å². The van der Waals surface area contributed by atoms with Gasteiger partial charge in [0.1, 0.15) is 6.61 Å². The molecule has 0 saturated heterocycles. The number of anilines is 1. The number of hydrogen-bond acceptors (Lipinski definition) is 6. The van der Waals surface area contributed by atoms with Crippen molar-refractivity contribution >= 4 is 46.5 Å². The molecule has 9 heteroatoms. The third kappa shape index (κ3) is 7.70. The summed E-state index contributed by atoms with van der Waals surface area (Å²) >= 11 is 11.2. The fourth-order valence-corrected chi connectivity index (χ4v) is 3.31. The van der Waals surface area contributed by atoms with Gasteiger partial charge < -0.3 is 19.5 Å². The SMILES string of the molecule is CCCOC(=O)c1ccc(NC(=S)NC(=O)c2ccc(OCc3ccc(Cl)cc3)c(OC)c2)cc1. The number of halogens is 1. The molecule has 0 aliphatic rings. The van der Waals surface area contributed by atoms with Crippen molar-refractivity contribution in [2.45, 2.75) is 20.0 Å². The molecule has 0 aliphatic heterocycles. The second-order valence-electron chi connectivity index (χ2n) is 7.40. The third-order valence-electron chi connectivity index (χ3n) is 4.78. The quantitative estimate of drug-likeness (QED) is 0.284. The number of esters is 1. The molecule has 7 nitrogen and oxygen atoms in total. The Morgan fingerprint density at radius 3 is 2.29 bits per heavy atom. The van der Waals surface area contributed by atoms with Gasteiger partial charge in [-0.15, -0.1) is 0 Å². The first-order chi connectivity index (χ1) is 16.9. The van der Waals surface area contributed by atoms with Crippen LogP contribution < -0.4 is 20.1 Å². The van der Waals surface area contributed by atoms with Crippen LogP contribution in [0.25, 0.3) is 0 Å². The highest BCUT2D eigenvalue weighted by molar-refractivity contribution is 7.80. The minimum absolute atomic E-state index is 0.110. The zero-order valence-corrected chi connectivity index (χ0v) is 20.9. The van der Waals surface area contributed by atoms with Crippen LogP contribution in [0.1, 0.15) is 39.6 Å². The first kappa shape index (κ1) is 26.0. The molecule has 2 N–H and O–H groups in total. The van der Waals surface area contributed by atoms with Crippen LogP contribution in [-0.2, 0) is 11.3 Å². The molecule has 182 valence electrons. The largest absolute Gasteiger partial charge is 0.493 e. The molecule has 3 aromatic rings. The molecule has 0 heterocycles. The molecule has 1 amide bonds. The molecule has 0 saturated carbocycles. The average Bonchev–Trinajstić information content (AvgIpc) is 2.87. The van der Waals surface area contributed by atoms with E-state index in [9.17, 15) is 9.59 Å². The van der Waals surface area contributed by atoms with Crippen molar-refractivity contribution in [1.29, 1.82) is 0 Å². The van der Waals surface area contributed by atoms with E-state index < -0.39 is 5.91 Å². The fourth-order valence-electron chi connectivity index (χ4n) is 2.98. The predicted octanol–water partition coefficient (Wildman–Crippen LogP) is 5.62. The molecule has 3 rings (SSSR count). The van der Waals surface area contributed by atoms with Crippen molar-refractivity contribution in [1.82, 2.24) is 5.32 Å². The van der Waals surface area contributed by atoms with E-state index in [0.717, 1.165) is 12.0 Å². The lowest BCUT2D eigenvalue weighted by atomic mass is 10.2. The van der Waals surface area contributed by atoms with Crippen LogP contribution in [0, 0.1) is 0 Å². The molecule has 0 aromatic heterocycles. The molecule has 0 unspecified atom stereocenters. The van der Waals surface area contributed by atoms with Gasteiger partial charge in [0.25, 0.3) is 5.91 Å². The highest BCUT2D eigenvalue weighted by Gasteiger charge is 2.13. The van der Waals surface area contributed by atoms with E-state index in [2.05, 4.69) is 10.6 Å². The summed E-state index contributed by atoms with van der Waals surface area (Å²) in [5, 5.41) is 6.30. The maximum atomic E-state index is 12.7. The molecule has 0 spiro atoms.